The lowest BCUT2D eigenvalue weighted by Gasteiger charge is -2.20. The van der Waals surface area contributed by atoms with Crippen molar-refractivity contribution in [2.24, 2.45) is 0 Å². The molecule has 1 aliphatic rings. The molecule has 2 rings (SSSR count). The van der Waals surface area contributed by atoms with E-state index in [2.05, 4.69) is 10.2 Å². The van der Waals surface area contributed by atoms with E-state index in [0.29, 0.717) is 6.04 Å². The summed E-state index contributed by atoms with van der Waals surface area (Å²) in [6.45, 7) is 3.22. The number of nitrogens with one attached hydrogen (secondary N) is 1. The molecule has 3 heteroatoms. The van der Waals surface area contributed by atoms with Gasteiger partial charge in [0.25, 0.3) is 0 Å². The van der Waals surface area contributed by atoms with Crippen molar-refractivity contribution in [1.82, 2.24) is 10.2 Å². The molecule has 2 nitrogen and oxygen atoms in total. The van der Waals surface area contributed by atoms with E-state index in [9.17, 15) is 4.39 Å². The first-order chi connectivity index (χ1) is 8.28. The Morgan fingerprint density at radius 3 is 2.71 bits per heavy atom. The number of likely N-dealkylation sites (tertiary alicyclic amines) is 1. The average molecular weight is 236 g/mol. The molecule has 0 spiro atoms. The van der Waals surface area contributed by atoms with Crippen molar-refractivity contribution in [3.05, 3.63) is 35.6 Å². The maximum Gasteiger partial charge on any atom is 0.123 e. The van der Waals surface area contributed by atoms with E-state index < -0.39 is 0 Å². The minimum atomic E-state index is -0.153. The Balaban J connectivity index is 1.88. The van der Waals surface area contributed by atoms with Gasteiger partial charge in [0.1, 0.15) is 5.82 Å². The summed E-state index contributed by atoms with van der Waals surface area (Å²) in [7, 11) is 2.04. The molecule has 1 N–H and O–H groups in total. The third kappa shape index (κ3) is 3.79. The summed E-state index contributed by atoms with van der Waals surface area (Å²) in [4.78, 5) is 2.46. The van der Waals surface area contributed by atoms with Gasteiger partial charge >= 0.3 is 0 Å². The van der Waals surface area contributed by atoms with Gasteiger partial charge in [0, 0.05) is 12.6 Å². The van der Waals surface area contributed by atoms with E-state index in [1.54, 1.807) is 12.1 Å². The molecule has 94 valence electrons. The Kier molecular flexibility index (Phi) is 4.51. The van der Waals surface area contributed by atoms with Crippen LogP contribution in [0.2, 0.25) is 0 Å². The molecule has 1 aliphatic heterocycles. The van der Waals surface area contributed by atoms with E-state index in [0.717, 1.165) is 19.6 Å². The molecule has 1 unspecified atom stereocenters. The van der Waals surface area contributed by atoms with Crippen molar-refractivity contribution in [3.63, 3.8) is 0 Å². The van der Waals surface area contributed by atoms with Gasteiger partial charge in [0.2, 0.25) is 0 Å². The molecule has 0 saturated carbocycles. The lowest BCUT2D eigenvalue weighted by molar-refractivity contribution is 0.274. The van der Waals surface area contributed by atoms with Crippen molar-refractivity contribution >= 4 is 0 Å². The maximum atomic E-state index is 12.8. The second-order valence-corrected chi connectivity index (χ2v) is 4.82. The van der Waals surface area contributed by atoms with Crippen LogP contribution in [0.15, 0.2) is 24.3 Å². The van der Waals surface area contributed by atoms with Crippen LogP contribution >= 0.6 is 0 Å². The zero-order valence-corrected chi connectivity index (χ0v) is 10.5. The number of benzene rings is 1. The number of hydrogen-bond donors (Lipinski definition) is 1. The second kappa shape index (κ2) is 6.12. The molecular weight excluding hydrogens is 215 g/mol. The van der Waals surface area contributed by atoms with Crippen LogP contribution in [0, 0.1) is 5.82 Å². The van der Waals surface area contributed by atoms with Crippen LogP contribution in [0.4, 0.5) is 4.39 Å². The molecule has 0 aliphatic carbocycles. The van der Waals surface area contributed by atoms with Crippen LogP contribution in [0.1, 0.15) is 24.8 Å². The van der Waals surface area contributed by atoms with E-state index in [1.165, 1.54) is 24.8 Å². The molecule has 1 atom stereocenters. The molecular formula is C14H21FN2. The largest absolute Gasteiger partial charge is 0.317 e. The third-order valence-corrected chi connectivity index (χ3v) is 3.55. The summed E-state index contributed by atoms with van der Waals surface area (Å²) in [6, 6.07) is 7.52. The highest BCUT2D eigenvalue weighted by atomic mass is 19.1. The lowest BCUT2D eigenvalue weighted by Crippen LogP contribution is -2.28. The first-order valence-corrected chi connectivity index (χ1v) is 6.42. The van der Waals surface area contributed by atoms with Crippen LogP contribution in [0.3, 0.4) is 0 Å². The monoisotopic (exact) mass is 236 g/mol. The molecule has 0 amide bonds. The molecule has 0 bridgehead atoms. The van der Waals surface area contributed by atoms with E-state index in [-0.39, 0.29) is 5.82 Å². The molecule has 1 aromatic carbocycles. The Morgan fingerprint density at radius 1 is 1.24 bits per heavy atom. The third-order valence-electron chi connectivity index (χ3n) is 3.55. The SMILES string of the molecule is CNC1CCCN(Cc2ccc(F)cc2)CC1. The van der Waals surface area contributed by atoms with Gasteiger partial charge in [-0.2, -0.15) is 0 Å². The normalized spacial score (nSPS) is 22.4. The van der Waals surface area contributed by atoms with Gasteiger partial charge in [-0.15, -0.1) is 0 Å². The minimum absolute atomic E-state index is 0.153. The summed E-state index contributed by atoms with van der Waals surface area (Å²) < 4.78 is 12.8. The van der Waals surface area contributed by atoms with E-state index >= 15 is 0 Å². The summed E-state index contributed by atoms with van der Waals surface area (Å²) in [5.74, 6) is -0.153. The molecule has 0 aromatic heterocycles. The number of halogens is 1. The summed E-state index contributed by atoms with van der Waals surface area (Å²) in [6.07, 6.45) is 3.71. The van der Waals surface area contributed by atoms with Gasteiger partial charge in [-0.25, -0.2) is 4.39 Å². The predicted octanol–water partition coefficient (Wildman–Crippen LogP) is 2.40. The van der Waals surface area contributed by atoms with Crippen molar-refractivity contribution in [2.75, 3.05) is 20.1 Å². The fourth-order valence-electron chi connectivity index (χ4n) is 2.45. The zero-order chi connectivity index (χ0) is 12.1. The van der Waals surface area contributed by atoms with E-state index in [4.69, 9.17) is 0 Å². The standard InChI is InChI=1S/C14H21FN2/c1-16-14-3-2-9-17(10-8-14)11-12-4-6-13(15)7-5-12/h4-7,14,16H,2-3,8-11H2,1H3. The molecule has 1 saturated heterocycles. The van der Waals surface area contributed by atoms with Gasteiger partial charge in [-0.05, 0) is 57.1 Å². The molecule has 0 radical (unpaired) electrons. The Labute approximate surface area is 103 Å². The number of nitrogens with zero attached hydrogens (tertiary/aromatic N) is 1. The number of hydrogen-bond acceptors (Lipinski definition) is 2. The van der Waals surface area contributed by atoms with Crippen LogP contribution in [-0.2, 0) is 6.54 Å². The summed E-state index contributed by atoms with van der Waals surface area (Å²) >= 11 is 0. The Morgan fingerprint density at radius 2 is 2.00 bits per heavy atom. The average Bonchev–Trinajstić information content (AvgIpc) is 2.57. The highest BCUT2D eigenvalue weighted by molar-refractivity contribution is 5.15. The highest BCUT2D eigenvalue weighted by Crippen LogP contribution is 2.14. The van der Waals surface area contributed by atoms with Gasteiger partial charge < -0.3 is 5.32 Å². The molecule has 17 heavy (non-hydrogen) atoms. The molecule has 1 fully saturated rings. The van der Waals surface area contributed by atoms with Crippen LogP contribution in [0.25, 0.3) is 0 Å². The quantitative estimate of drug-likeness (QED) is 0.867. The summed E-state index contributed by atoms with van der Waals surface area (Å²) in [5.41, 5.74) is 1.20. The van der Waals surface area contributed by atoms with Gasteiger partial charge in [-0.3, -0.25) is 4.90 Å². The first-order valence-electron chi connectivity index (χ1n) is 6.42. The maximum absolute atomic E-state index is 12.8. The Bertz CT molecular complexity index is 337. The van der Waals surface area contributed by atoms with Crippen molar-refractivity contribution in [3.8, 4) is 0 Å². The number of rotatable bonds is 3. The van der Waals surface area contributed by atoms with Crippen LogP contribution < -0.4 is 5.32 Å². The second-order valence-electron chi connectivity index (χ2n) is 4.82. The topological polar surface area (TPSA) is 15.3 Å². The van der Waals surface area contributed by atoms with E-state index in [1.807, 2.05) is 19.2 Å². The first kappa shape index (κ1) is 12.5. The predicted molar refractivity (Wildman–Crippen MR) is 68.4 cm³/mol. The van der Waals surface area contributed by atoms with Gasteiger partial charge in [-0.1, -0.05) is 12.1 Å². The van der Waals surface area contributed by atoms with Crippen molar-refractivity contribution in [2.45, 2.75) is 31.8 Å². The van der Waals surface area contributed by atoms with Gasteiger partial charge in [0.05, 0.1) is 0 Å². The molecule has 1 heterocycles. The zero-order valence-electron chi connectivity index (χ0n) is 10.5. The lowest BCUT2D eigenvalue weighted by atomic mass is 10.1. The molecule has 1 aromatic rings. The fraction of sp³-hybridized carbons (Fsp3) is 0.571. The smallest absolute Gasteiger partial charge is 0.123 e. The minimum Gasteiger partial charge on any atom is -0.317 e. The van der Waals surface area contributed by atoms with Crippen molar-refractivity contribution < 1.29 is 4.39 Å². The van der Waals surface area contributed by atoms with Crippen molar-refractivity contribution in [1.29, 1.82) is 0 Å². The van der Waals surface area contributed by atoms with Gasteiger partial charge in [0.15, 0.2) is 0 Å². The summed E-state index contributed by atoms with van der Waals surface area (Å²) in [5, 5.41) is 3.36. The highest BCUT2D eigenvalue weighted by Gasteiger charge is 2.15. The van der Waals surface area contributed by atoms with Crippen LogP contribution in [0.5, 0.6) is 0 Å². The fourth-order valence-corrected chi connectivity index (χ4v) is 2.45. The van der Waals surface area contributed by atoms with Crippen LogP contribution in [-0.4, -0.2) is 31.1 Å². The Hall–Kier alpha value is -0.930.